The van der Waals surface area contributed by atoms with Gasteiger partial charge in [-0.2, -0.15) is 0 Å². The van der Waals surface area contributed by atoms with Crippen molar-refractivity contribution < 1.29 is 29.6 Å². The van der Waals surface area contributed by atoms with Crippen LogP contribution in [0.25, 0.3) is 33.8 Å². The van der Waals surface area contributed by atoms with Gasteiger partial charge in [0.1, 0.15) is 24.4 Å². The van der Waals surface area contributed by atoms with E-state index >= 15 is 0 Å². The Morgan fingerprint density at radius 1 is 0.871 bits per heavy atom. The van der Waals surface area contributed by atoms with E-state index in [1.807, 2.05) is 42.5 Å². The van der Waals surface area contributed by atoms with E-state index in [1.54, 1.807) is 0 Å². The van der Waals surface area contributed by atoms with Crippen LogP contribution in [-0.2, 0) is 4.74 Å². The molecule has 0 amide bonds. The summed E-state index contributed by atoms with van der Waals surface area (Å²) < 4.78 is 12.4. The summed E-state index contributed by atoms with van der Waals surface area (Å²) in [4.78, 5) is 0. The van der Waals surface area contributed by atoms with Gasteiger partial charge in [-0.25, -0.2) is 4.68 Å². The van der Waals surface area contributed by atoms with E-state index in [9.17, 15) is 20.4 Å². The minimum Gasteiger partial charge on any atom is -0.414 e. The van der Waals surface area contributed by atoms with Gasteiger partial charge in [-0.05, 0) is 16.8 Å². The fourth-order valence-corrected chi connectivity index (χ4v) is 3.65. The molecule has 0 bridgehead atoms. The summed E-state index contributed by atoms with van der Waals surface area (Å²) in [7, 11) is 0. The Morgan fingerprint density at radius 3 is 2.48 bits per heavy atom. The zero-order valence-electron chi connectivity index (χ0n) is 16.1. The van der Waals surface area contributed by atoms with E-state index in [0.717, 1.165) is 16.3 Å². The molecule has 3 heterocycles. The fraction of sp³-hybridized carbons (Fsp3) is 0.300. The van der Waals surface area contributed by atoms with Crippen molar-refractivity contribution in [3.63, 3.8) is 0 Å². The predicted octanol–water partition coefficient (Wildman–Crippen LogP) is 0.121. The third-order valence-electron chi connectivity index (χ3n) is 5.30. The molecule has 1 fully saturated rings. The molecule has 0 unspecified atom stereocenters. The molecule has 1 aliphatic heterocycles. The van der Waals surface area contributed by atoms with Crippen LogP contribution in [0.4, 0.5) is 0 Å². The highest BCUT2D eigenvalue weighted by Crippen LogP contribution is 2.31. The molecule has 0 radical (unpaired) electrons. The molecule has 11 nitrogen and oxygen atoms in total. The monoisotopic (exact) mass is 425 g/mol. The SMILES string of the molecule is OC[C@H]1O[C@@H](n2cc(-c3nnc(-c4cccc5ccccc45)o3)nn2)[C@H](O)[C@@H](O)[C@@H]1O. The van der Waals surface area contributed by atoms with Crippen molar-refractivity contribution in [2.45, 2.75) is 30.6 Å². The van der Waals surface area contributed by atoms with Crippen LogP contribution in [0, 0.1) is 0 Å². The molecule has 4 N–H and O–H groups in total. The Labute approximate surface area is 175 Å². The molecule has 0 aliphatic carbocycles. The second-order valence-electron chi connectivity index (χ2n) is 7.24. The van der Waals surface area contributed by atoms with Crippen molar-refractivity contribution in [2.75, 3.05) is 6.61 Å². The van der Waals surface area contributed by atoms with Crippen LogP contribution < -0.4 is 0 Å². The van der Waals surface area contributed by atoms with Crippen LogP contribution >= 0.6 is 0 Å². The highest BCUT2D eigenvalue weighted by atomic mass is 16.6. The standard InChI is InChI=1S/C20H19N5O6/c26-9-14-15(27)16(28)17(29)20(30-14)25-8-13(21-24-25)19-23-22-18(31-19)12-7-3-5-10-4-1-2-6-11(10)12/h1-8,14-17,20,26-29H,9H2/t14-,15-,16+,17-,20-/m1/s1. The molecule has 1 aliphatic rings. The molecular formula is C20H19N5O6. The highest BCUT2D eigenvalue weighted by molar-refractivity contribution is 5.94. The minimum atomic E-state index is -1.52. The van der Waals surface area contributed by atoms with Crippen molar-refractivity contribution >= 4 is 10.8 Å². The third-order valence-corrected chi connectivity index (χ3v) is 5.30. The maximum atomic E-state index is 10.3. The zero-order valence-corrected chi connectivity index (χ0v) is 16.1. The summed E-state index contributed by atoms with van der Waals surface area (Å²) in [5.74, 6) is 0.424. The van der Waals surface area contributed by atoms with E-state index in [-0.39, 0.29) is 11.6 Å². The molecule has 11 heteroatoms. The number of fused-ring (bicyclic) bond motifs is 1. The number of aromatic nitrogens is 5. The van der Waals surface area contributed by atoms with Crippen molar-refractivity contribution in [3.8, 4) is 23.0 Å². The van der Waals surface area contributed by atoms with Crippen molar-refractivity contribution in [2.24, 2.45) is 0 Å². The summed E-state index contributed by atoms with van der Waals surface area (Å²) in [6, 6.07) is 13.6. The number of hydrogen-bond donors (Lipinski definition) is 4. The summed E-state index contributed by atoms with van der Waals surface area (Å²) in [5.41, 5.74) is 1.01. The van der Waals surface area contributed by atoms with Crippen LogP contribution in [0.2, 0.25) is 0 Å². The van der Waals surface area contributed by atoms with Crippen LogP contribution in [0.15, 0.2) is 53.1 Å². The van der Waals surface area contributed by atoms with Gasteiger partial charge in [0, 0.05) is 5.56 Å². The van der Waals surface area contributed by atoms with E-state index in [4.69, 9.17) is 9.15 Å². The number of nitrogens with zero attached hydrogens (tertiary/aromatic N) is 5. The van der Waals surface area contributed by atoms with Gasteiger partial charge in [0.05, 0.1) is 12.8 Å². The Kier molecular flexibility index (Phi) is 4.96. The van der Waals surface area contributed by atoms with E-state index in [0.29, 0.717) is 5.89 Å². The van der Waals surface area contributed by atoms with Gasteiger partial charge >= 0.3 is 0 Å². The molecule has 31 heavy (non-hydrogen) atoms. The first-order chi connectivity index (χ1) is 15.1. The number of rotatable bonds is 4. The molecule has 1 saturated heterocycles. The quantitative estimate of drug-likeness (QED) is 0.354. The number of hydrogen-bond acceptors (Lipinski definition) is 10. The first kappa shape index (κ1) is 19.7. The van der Waals surface area contributed by atoms with Crippen molar-refractivity contribution in [1.29, 1.82) is 0 Å². The topological polar surface area (TPSA) is 160 Å². The minimum absolute atomic E-state index is 0.110. The lowest BCUT2D eigenvalue weighted by atomic mass is 9.98. The average Bonchev–Trinajstić information content (AvgIpc) is 3.47. The number of aliphatic hydroxyl groups is 4. The van der Waals surface area contributed by atoms with Crippen LogP contribution in [0.3, 0.4) is 0 Å². The molecule has 2 aromatic heterocycles. The summed E-state index contributed by atoms with van der Waals surface area (Å²) in [6.45, 7) is -0.541. The van der Waals surface area contributed by atoms with Gasteiger partial charge in [-0.3, -0.25) is 0 Å². The number of aliphatic hydroxyl groups excluding tert-OH is 4. The van der Waals surface area contributed by atoms with Crippen molar-refractivity contribution in [3.05, 3.63) is 48.7 Å². The maximum absolute atomic E-state index is 10.3. The normalized spacial score (nSPS) is 26.4. The average molecular weight is 425 g/mol. The number of benzene rings is 2. The molecule has 5 atom stereocenters. The first-order valence-corrected chi connectivity index (χ1v) is 9.61. The van der Waals surface area contributed by atoms with Crippen LogP contribution in [0.5, 0.6) is 0 Å². The van der Waals surface area contributed by atoms with Crippen molar-refractivity contribution in [1.82, 2.24) is 25.2 Å². The summed E-state index contributed by atoms with van der Waals surface area (Å²) >= 11 is 0. The lowest BCUT2D eigenvalue weighted by Crippen LogP contribution is -2.56. The van der Waals surface area contributed by atoms with Gasteiger partial charge in [-0.1, -0.05) is 41.6 Å². The van der Waals surface area contributed by atoms with E-state index < -0.39 is 37.3 Å². The molecule has 160 valence electrons. The first-order valence-electron chi connectivity index (χ1n) is 9.61. The predicted molar refractivity (Wildman–Crippen MR) is 105 cm³/mol. The van der Waals surface area contributed by atoms with E-state index in [2.05, 4.69) is 20.5 Å². The zero-order chi connectivity index (χ0) is 21.5. The largest absolute Gasteiger partial charge is 0.414 e. The van der Waals surface area contributed by atoms with Gasteiger partial charge in [-0.15, -0.1) is 15.3 Å². The second kappa shape index (κ2) is 7.80. The van der Waals surface area contributed by atoms with Gasteiger partial charge in [0.2, 0.25) is 5.89 Å². The van der Waals surface area contributed by atoms with Crippen LogP contribution in [-0.4, -0.2) is 76.6 Å². The van der Waals surface area contributed by atoms with Gasteiger partial charge < -0.3 is 29.6 Å². The molecule has 5 rings (SSSR count). The smallest absolute Gasteiger partial charge is 0.270 e. The summed E-state index contributed by atoms with van der Waals surface area (Å²) in [6.07, 6.45) is -5.29. The Hall–Kier alpha value is -3.22. The van der Waals surface area contributed by atoms with Gasteiger partial charge in [0.25, 0.3) is 5.89 Å². The molecule has 2 aromatic carbocycles. The second-order valence-corrected chi connectivity index (χ2v) is 7.24. The molecule has 4 aromatic rings. The fourth-order valence-electron chi connectivity index (χ4n) is 3.65. The van der Waals surface area contributed by atoms with E-state index in [1.165, 1.54) is 10.9 Å². The number of ether oxygens (including phenoxy) is 1. The Balaban J connectivity index is 1.44. The molecule has 0 saturated carbocycles. The lowest BCUT2D eigenvalue weighted by molar-refractivity contribution is -0.254. The molecule has 0 spiro atoms. The lowest BCUT2D eigenvalue weighted by Gasteiger charge is -2.39. The molecular weight excluding hydrogens is 406 g/mol. The van der Waals surface area contributed by atoms with Gasteiger partial charge in [0.15, 0.2) is 11.9 Å². The highest BCUT2D eigenvalue weighted by Gasteiger charge is 2.44. The maximum Gasteiger partial charge on any atom is 0.270 e. The Bertz CT molecular complexity index is 1200. The van der Waals surface area contributed by atoms with Crippen LogP contribution in [0.1, 0.15) is 6.23 Å². The third kappa shape index (κ3) is 3.38. The summed E-state index contributed by atoms with van der Waals surface area (Å²) in [5, 5.41) is 57.5. The Morgan fingerprint density at radius 2 is 1.65 bits per heavy atom.